The van der Waals surface area contributed by atoms with Crippen molar-refractivity contribution in [3.8, 4) is 0 Å². The van der Waals surface area contributed by atoms with Gasteiger partial charge in [0.05, 0.1) is 0 Å². The predicted octanol–water partition coefficient (Wildman–Crippen LogP) is 4.22. The molecule has 5 nitrogen and oxygen atoms in total. The zero-order valence-electron chi connectivity index (χ0n) is 17.3. The van der Waals surface area contributed by atoms with Gasteiger partial charge in [0.1, 0.15) is 0 Å². The van der Waals surface area contributed by atoms with E-state index in [1.807, 2.05) is 29.2 Å². The Balaban J connectivity index is 0.00000240. The van der Waals surface area contributed by atoms with Gasteiger partial charge in [-0.2, -0.15) is 0 Å². The highest BCUT2D eigenvalue weighted by Crippen LogP contribution is 2.42. The average Bonchev–Trinajstić information content (AvgIpc) is 2.68. The van der Waals surface area contributed by atoms with E-state index in [0.29, 0.717) is 23.4 Å². The summed E-state index contributed by atoms with van der Waals surface area (Å²) < 4.78 is 0. The molecule has 0 radical (unpaired) electrons. The molecule has 1 aliphatic heterocycles. The Kier molecular flexibility index (Phi) is 7.23. The second kappa shape index (κ2) is 9.48. The lowest BCUT2D eigenvalue weighted by molar-refractivity contribution is -0.122. The first-order chi connectivity index (χ1) is 13.5. The summed E-state index contributed by atoms with van der Waals surface area (Å²) in [7, 11) is 0. The van der Waals surface area contributed by atoms with Crippen molar-refractivity contribution in [2.75, 3.05) is 11.9 Å². The fourth-order valence-corrected chi connectivity index (χ4v) is 5.51. The maximum atomic E-state index is 12.8. The predicted molar refractivity (Wildman–Crippen MR) is 118 cm³/mol. The molecule has 1 aromatic rings. The van der Waals surface area contributed by atoms with Crippen LogP contribution in [0.1, 0.15) is 68.6 Å². The summed E-state index contributed by atoms with van der Waals surface area (Å²) in [5.41, 5.74) is 7.82. The van der Waals surface area contributed by atoms with Crippen molar-refractivity contribution >= 4 is 29.9 Å². The number of hydrogen-bond donors (Lipinski definition) is 2. The number of halogens is 1. The molecule has 3 fully saturated rings. The van der Waals surface area contributed by atoms with Crippen LogP contribution in [-0.4, -0.2) is 35.3 Å². The fourth-order valence-electron chi connectivity index (χ4n) is 5.51. The maximum absolute atomic E-state index is 12.8. The highest BCUT2D eigenvalue weighted by atomic mass is 35.5. The van der Waals surface area contributed by atoms with E-state index in [-0.39, 0.29) is 36.2 Å². The summed E-state index contributed by atoms with van der Waals surface area (Å²) in [4.78, 5) is 27.5. The van der Waals surface area contributed by atoms with Crippen molar-refractivity contribution in [2.45, 2.75) is 70.4 Å². The molecule has 0 aromatic heterocycles. The van der Waals surface area contributed by atoms with Crippen LogP contribution in [0.3, 0.4) is 0 Å². The third-order valence-electron chi connectivity index (χ3n) is 7.25. The summed E-state index contributed by atoms with van der Waals surface area (Å²) in [6.45, 7) is 2.96. The largest absolute Gasteiger partial charge is 0.336 e. The van der Waals surface area contributed by atoms with Crippen LogP contribution in [0, 0.1) is 17.8 Å². The van der Waals surface area contributed by atoms with Gasteiger partial charge in [-0.25, -0.2) is 0 Å². The third kappa shape index (κ3) is 4.77. The number of fused-ring (bicyclic) bond motifs is 2. The van der Waals surface area contributed by atoms with E-state index in [4.69, 9.17) is 5.73 Å². The third-order valence-corrected chi connectivity index (χ3v) is 7.25. The van der Waals surface area contributed by atoms with Crippen LogP contribution in [0.4, 0.5) is 5.69 Å². The quantitative estimate of drug-likeness (QED) is 0.770. The molecule has 0 spiro atoms. The molecule has 2 aliphatic carbocycles. The number of carbonyl (C=O) groups is 2. The minimum atomic E-state index is 0. The van der Waals surface area contributed by atoms with Gasteiger partial charge in [0.25, 0.3) is 5.91 Å². The van der Waals surface area contributed by atoms with E-state index < -0.39 is 0 Å². The number of piperidine rings is 1. The zero-order valence-corrected chi connectivity index (χ0v) is 18.1. The van der Waals surface area contributed by atoms with Crippen molar-refractivity contribution in [3.63, 3.8) is 0 Å². The van der Waals surface area contributed by atoms with E-state index in [1.54, 1.807) is 0 Å². The minimum absolute atomic E-state index is 0. The van der Waals surface area contributed by atoms with Crippen LogP contribution in [0.5, 0.6) is 0 Å². The number of rotatable bonds is 3. The van der Waals surface area contributed by atoms with E-state index >= 15 is 0 Å². The molecule has 6 heteroatoms. The molecule has 2 bridgehead atoms. The number of benzene rings is 1. The van der Waals surface area contributed by atoms with E-state index in [2.05, 4.69) is 12.2 Å². The first kappa shape index (κ1) is 22.1. The van der Waals surface area contributed by atoms with Gasteiger partial charge in [-0.05, 0) is 88.0 Å². The van der Waals surface area contributed by atoms with Crippen LogP contribution in [-0.2, 0) is 4.79 Å². The highest BCUT2D eigenvalue weighted by Gasteiger charge is 2.40. The molecular formula is C23H34ClN3O2. The second-order valence-corrected chi connectivity index (χ2v) is 9.11. The van der Waals surface area contributed by atoms with Gasteiger partial charge in [0, 0.05) is 35.8 Å². The number of nitrogens with zero attached hydrogens (tertiary/aromatic N) is 1. The van der Waals surface area contributed by atoms with Gasteiger partial charge in [0.2, 0.25) is 5.91 Å². The average molecular weight is 420 g/mol. The van der Waals surface area contributed by atoms with Gasteiger partial charge in [-0.1, -0.05) is 6.42 Å². The lowest BCUT2D eigenvalue weighted by Crippen LogP contribution is -2.48. The van der Waals surface area contributed by atoms with Gasteiger partial charge < -0.3 is 16.0 Å². The lowest BCUT2D eigenvalue weighted by atomic mass is 9.65. The summed E-state index contributed by atoms with van der Waals surface area (Å²) in [5, 5.41) is 3.07. The number of nitrogens with one attached hydrogen (secondary N) is 1. The van der Waals surface area contributed by atoms with Gasteiger partial charge in [-0.3, -0.25) is 9.59 Å². The number of nitrogens with two attached hydrogens (primary N) is 1. The molecule has 1 heterocycles. The molecule has 29 heavy (non-hydrogen) atoms. The van der Waals surface area contributed by atoms with Crippen molar-refractivity contribution in [1.29, 1.82) is 0 Å². The summed E-state index contributed by atoms with van der Waals surface area (Å²) in [6, 6.07) is 7.97. The molecule has 4 rings (SSSR count). The van der Waals surface area contributed by atoms with Gasteiger partial charge >= 0.3 is 0 Å². The molecule has 160 valence electrons. The molecule has 1 aromatic carbocycles. The number of anilines is 1. The van der Waals surface area contributed by atoms with Crippen molar-refractivity contribution < 1.29 is 9.59 Å². The molecule has 2 saturated carbocycles. The van der Waals surface area contributed by atoms with E-state index in [1.165, 1.54) is 12.8 Å². The van der Waals surface area contributed by atoms with Crippen molar-refractivity contribution in [3.05, 3.63) is 29.8 Å². The first-order valence-electron chi connectivity index (χ1n) is 11.0. The summed E-state index contributed by atoms with van der Waals surface area (Å²) in [5.74, 6) is 1.25. The number of likely N-dealkylation sites (tertiary alicyclic amines) is 1. The number of hydrogen-bond acceptors (Lipinski definition) is 3. The minimum Gasteiger partial charge on any atom is -0.336 e. The van der Waals surface area contributed by atoms with Crippen LogP contribution in [0.25, 0.3) is 0 Å². The van der Waals surface area contributed by atoms with Crippen LogP contribution in [0.2, 0.25) is 0 Å². The van der Waals surface area contributed by atoms with Gasteiger partial charge in [-0.15, -0.1) is 12.4 Å². The van der Waals surface area contributed by atoms with Crippen LogP contribution in [0.15, 0.2) is 24.3 Å². The Labute approximate surface area is 180 Å². The Morgan fingerprint density at radius 3 is 2.28 bits per heavy atom. The number of carbonyl (C=O) groups excluding carboxylic acids is 2. The second-order valence-electron chi connectivity index (χ2n) is 9.11. The Morgan fingerprint density at radius 1 is 1.00 bits per heavy atom. The molecule has 3 N–H and O–H groups in total. The van der Waals surface area contributed by atoms with Crippen molar-refractivity contribution in [1.82, 2.24) is 4.90 Å². The monoisotopic (exact) mass is 419 g/mol. The first-order valence-corrected chi connectivity index (χ1v) is 11.0. The molecule has 3 aliphatic rings. The van der Waals surface area contributed by atoms with E-state index in [9.17, 15) is 9.59 Å². The standard InChI is InChI=1S/C23H33N3O2.ClH/c1-15-5-2-3-12-26(15)23(28)16-8-10-20(11-9-16)25-22(27)19-13-17-6-4-7-18(14-19)21(17)24;/h8-11,15,17-19,21H,2-7,12-14,24H2,1H3,(H,25,27);1H. The lowest BCUT2D eigenvalue weighted by Gasteiger charge is -2.43. The molecule has 3 unspecified atom stereocenters. The molecule has 2 amide bonds. The summed E-state index contributed by atoms with van der Waals surface area (Å²) >= 11 is 0. The summed E-state index contributed by atoms with van der Waals surface area (Å²) in [6.07, 6.45) is 8.75. The topological polar surface area (TPSA) is 75.4 Å². The Hall–Kier alpha value is -1.59. The fraction of sp³-hybridized carbons (Fsp3) is 0.652. The van der Waals surface area contributed by atoms with Crippen LogP contribution < -0.4 is 11.1 Å². The zero-order chi connectivity index (χ0) is 19.7. The highest BCUT2D eigenvalue weighted by molar-refractivity contribution is 5.96. The van der Waals surface area contributed by atoms with Gasteiger partial charge in [0.15, 0.2) is 0 Å². The number of amides is 2. The van der Waals surface area contributed by atoms with Crippen molar-refractivity contribution in [2.24, 2.45) is 23.5 Å². The Morgan fingerprint density at radius 2 is 1.66 bits per heavy atom. The molecular weight excluding hydrogens is 386 g/mol. The molecule has 1 saturated heterocycles. The Bertz CT molecular complexity index is 709. The SMILES string of the molecule is CC1CCCCN1C(=O)c1ccc(NC(=O)C2CC3CCCC(C2)C3N)cc1.Cl. The smallest absolute Gasteiger partial charge is 0.254 e. The normalized spacial score (nSPS) is 31.5. The molecule has 3 atom stereocenters. The van der Waals surface area contributed by atoms with Crippen LogP contribution >= 0.6 is 12.4 Å². The maximum Gasteiger partial charge on any atom is 0.254 e. The van der Waals surface area contributed by atoms with E-state index in [0.717, 1.165) is 50.8 Å².